The standard InChI is InChI=1S/C13H22N4O3S/c1-2-14-13-15-8-12(9-16-13)21(18,19)17-6-3-7-20-10-11-4-5-11/h8-9,11,17H,2-7,10H2,1H3,(H,14,15,16). The highest BCUT2D eigenvalue weighted by atomic mass is 32.2. The van der Waals surface area contributed by atoms with Crippen molar-refractivity contribution in [3.05, 3.63) is 12.4 Å². The Morgan fingerprint density at radius 2 is 2.05 bits per heavy atom. The Kier molecular flexibility index (Phi) is 5.89. The highest BCUT2D eigenvalue weighted by molar-refractivity contribution is 7.89. The van der Waals surface area contributed by atoms with E-state index in [0.29, 0.717) is 32.1 Å². The van der Waals surface area contributed by atoms with Gasteiger partial charge in [-0.1, -0.05) is 0 Å². The molecule has 0 radical (unpaired) electrons. The molecule has 1 aromatic rings. The van der Waals surface area contributed by atoms with Gasteiger partial charge in [0.25, 0.3) is 0 Å². The SMILES string of the molecule is CCNc1ncc(S(=O)(=O)NCCCOCC2CC2)cn1. The topological polar surface area (TPSA) is 93.2 Å². The van der Waals surface area contributed by atoms with Crippen molar-refractivity contribution in [1.82, 2.24) is 14.7 Å². The summed E-state index contributed by atoms with van der Waals surface area (Å²) in [6.07, 6.45) is 5.78. The van der Waals surface area contributed by atoms with Crippen LogP contribution < -0.4 is 10.0 Å². The van der Waals surface area contributed by atoms with Gasteiger partial charge in [-0.25, -0.2) is 23.1 Å². The van der Waals surface area contributed by atoms with Crippen LogP contribution >= 0.6 is 0 Å². The number of aromatic nitrogens is 2. The zero-order valence-electron chi connectivity index (χ0n) is 12.2. The van der Waals surface area contributed by atoms with E-state index in [4.69, 9.17) is 4.74 Å². The Morgan fingerprint density at radius 3 is 2.67 bits per heavy atom. The molecule has 1 aliphatic rings. The lowest BCUT2D eigenvalue weighted by Gasteiger charge is -2.07. The van der Waals surface area contributed by atoms with Gasteiger partial charge in [0.2, 0.25) is 16.0 Å². The van der Waals surface area contributed by atoms with Crippen LogP contribution in [0.3, 0.4) is 0 Å². The van der Waals surface area contributed by atoms with Crippen LogP contribution in [-0.2, 0) is 14.8 Å². The molecule has 0 unspecified atom stereocenters. The Hall–Kier alpha value is -1.25. The van der Waals surface area contributed by atoms with E-state index >= 15 is 0 Å². The molecular formula is C13H22N4O3S. The molecule has 8 heteroatoms. The summed E-state index contributed by atoms with van der Waals surface area (Å²) in [7, 11) is -3.54. The fourth-order valence-electron chi connectivity index (χ4n) is 1.70. The average Bonchev–Trinajstić information content (AvgIpc) is 3.28. The molecule has 0 bridgehead atoms. The first kappa shape index (κ1) is 16.1. The minimum Gasteiger partial charge on any atom is -0.381 e. The van der Waals surface area contributed by atoms with Crippen molar-refractivity contribution >= 4 is 16.0 Å². The van der Waals surface area contributed by atoms with Crippen molar-refractivity contribution in [2.24, 2.45) is 5.92 Å². The molecule has 1 aliphatic carbocycles. The van der Waals surface area contributed by atoms with Gasteiger partial charge in [-0.15, -0.1) is 0 Å². The molecule has 0 spiro atoms. The smallest absolute Gasteiger partial charge is 0.243 e. The summed E-state index contributed by atoms with van der Waals surface area (Å²) in [5.74, 6) is 1.15. The van der Waals surface area contributed by atoms with Crippen molar-refractivity contribution in [3.8, 4) is 0 Å². The van der Waals surface area contributed by atoms with Crippen molar-refractivity contribution in [2.75, 3.05) is 31.6 Å². The maximum atomic E-state index is 12.0. The van der Waals surface area contributed by atoms with E-state index in [0.717, 1.165) is 12.5 Å². The van der Waals surface area contributed by atoms with Gasteiger partial charge in [-0.3, -0.25) is 0 Å². The van der Waals surface area contributed by atoms with E-state index in [-0.39, 0.29) is 4.90 Å². The van der Waals surface area contributed by atoms with Crippen molar-refractivity contribution in [1.29, 1.82) is 0 Å². The van der Waals surface area contributed by atoms with Crippen molar-refractivity contribution < 1.29 is 13.2 Å². The third-order valence-corrected chi connectivity index (χ3v) is 4.50. The van der Waals surface area contributed by atoms with Crippen LogP contribution in [0.4, 0.5) is 5.95 Å². The maximum Gasteiger partial charge on any atom is 0.243 e. The summed E-state index contributed by atoms with van der Waals surface area (Å²) in [5, 5.41) is 2.91. The van der Waals surface area contributed by atoms with Crippen LogP contribution in [0, 0.1) is 5.92 Å². The number of nitrogens with one attached hydrogen (secondary N) is 2. The number of rotatable bonds is 10. The predicted octanol–water partition coefficient (Wildman–Crippen LogP) is 1.00. The summed E-state index contributed by atoms with van der Waals surface area (Å²) in [6, 6.07) is 0. The van der Waals surface area contributed by atoms with Crippen LogP contribution in [0.15, 0.2) is 17.3 Å². The Morgan fingerprint density at radius 1 is 1.33 bits per heavy atom. The Balaban J connectivity index is 1.72. The molecule has 0 aliphatic heterocycles. The molecule has 1 aromatic heterocycles. The molecular weight excluding hydrogens is 292 g/mol. The first-order chi connectivity index (χ1) is 10.1. The number of nitrogens with zero attached hydrogens (tertiary/aromatic N) is 2. The molecule has 0 aromatic carbocycles. The van der Waals surface area contributed by atoms with Gasteiger partial charge in [0, 0.05) is 26.3 Å². The fourth-order valence-corrected chi connectivity index (χ4v) is 2.67. The second-order valence-electron chi connectivity index (χ2n) is 5.04. The molecule has 2 N–H and O–H groups in total. The minimum atomic E-state index is -3.54. The molecule has 1 fully saturated rings. The molecule has 0 saturated heterocycles. The summed E-state index contributed by atoms with van der Waals surface area (Å²) < 4.78 is 32.0. The highest BCUT2D eigenvalue weighted by Gasteiger charge is 2.21. The molecule has 7 nitrogen and oxygen atoms in total. The number of hydrogen-bond donors (Lipinski definition) is 2. The van der Waals surface area contributed by atoms with Gasteiger partial charge in [-0.05, 0) is 32.1 Å². The summed E-state index contributed by atoms with van der Waals surface area (Å²) >= 11 is 0. The number of sulfonamides is 1. The van der Waals surface area contributed by atoms with Gasteiger partial charge in [0.05, 0.1) is 12.4 Å². The van der Waals surface area contributed by atoms with Crippen molar-refractivity contribution in [3.63, 3.8) is 0 Å². The van der Waals surface area contributed by atoms with E-state index in [1.54, 1.807) is 0 Å². The molecule has 2 rings (SSSR count). The van der Waals surface area contributed by atoms with Gasteiger partial charge >= 0.3 is 0 Å². The van der Waals surface area contributed by atoms with Gasteiger partial charge in [0.1, 0.15) is 4.90 Å². The highest BCUT2D eigenvalue weighted by Crippen LogP contribution is 2.28. The lowest BCUT2D eigenvalue weighted by Crippen LogP contribution is -2.26. The quantitative estimate of drug-likeness (QED) is 0.626. The molecule has 118 valence electrons. The zero-order chi connectivity index (χ0) is 15.1. The van der Waals surface area contributed by atoms with E-state index < -0.39 is 10.0 Å². The van der Waals surface area contributed by atoms with Gasteiger partial charge < -0.3 is 10.1 Å². The predicted molar refractivity (Wildman–Crippen MR) is 79.5 cm³/mol. The first-order valence-electron chi connectivity index (χ1n) is 7.25. The van der Waals surface area contributed by atoms with Crippen LogP contribution in [0.2, 0.25) is 0 Å². The van der Waals surface area contributed by atoms with E-state index in [1.807, 2.05) is 6.92 Å². The Labute approximate surface area is 125 Å². The number of hydrogen-bond acceptors (Lipinski definition) is 6. The monoisotopic (exact) mass is 314 g/mol. The molecule has 0 atom stereocenters. The van der Waals surface area contributed by atoms with Crippen LogP contribution in [-0.4, -0.2) is 44.7 Å². The largest absolute Gasteiger partial charge is 0.381 e. The summed E-state index contributed by atoms with van der Waals surface area (Å²) in [6.45, 7) is 4.33. The summed E-state index contributed by atoms with van der Waals surface area (Å²) in [5.41, 5.74) is 0. The average molecular weight is 314 g/mol. The van der Waals surface area contributed by atoms with Gasteiger partial charge in [-0.2, -0.15) is 0 Å². The van der Waals surface area contributed by atoms with Crippen LogP contribution in [0.1, 0.15) is 26.2 Å². The molecule has 0 amide bonds. The van der Waals surface area contributed by atoms with E-state index in [1.165, 1.54) is 25.2 Å². The second kappa shape index (κ2) is 7.67. The fraction of sp³-hybridized carbons (Fsp3) is 0.692. The zero-order valence-corrected chi connectivity index (χ0v) is 13.0. The lowest BCUT2D eigenvalue weighted by molar-refractivity contribution is 0.123. The van der Waals surface area contributed by atoms with E-state index in [2.05, 4.69) is 20.0 Å². The van der Waals surface area contributed by atoms with Crippen LogP contribution in [0.5, 0.6) is 0 Å². The minimum absolute atomic E-state index is 0.0723. The van der Waals surface area contributed by atoms with Crippen molar-refractivity contribution in [2.45, 2.75) is 31.1 Å². The third kappa shape index (κ3) is 5.56. The first-order valence-corrected chi connectivity index (χ1v) is 8.73. The lowest BCUT2D eigenvalue weighted by atomic mass is 10.4. The molecule has 21 heavy (non-hydrogen) atoms. The van der Waals surface area contributed by atoms with E-state index in [9.17, 15) is 8.42 Å². The summed E-state index contributed by atoms with van der Waals surface area (Å²) in [4.78, 5) is 7.98. The number of ether oxygens (including phenoxy) is 1. The van der Waals surface area contributed by atoms with Gasteiger partial charge in [0.15, 0.2) is 0 Å². The molecule has 1 saturated carbocycles. The molecule has 1 heterocycles. The third-order valence-electron chi connectivity index (χ3n) is 3.08. The number of anilines is 1. The normalized spacial score (nSPS) is 15.1. The Bertz CT molecular complexity index is 529. The van der Waals surface area contributed by atoms with Crippen LogP contribution in [0.25, 0.3) is 0 Å². The maximum absolute atomic E-state index is 12.0. The second-order valence-corrected chi connectivity index (χ2v) is 6.81.